The van der Waals surface area contributed by atoms with Crippen molar-refractivity contribution in [2.45, 2.75) is 39.5 Å². The fraction of sp³-hybridized carbons (Fsp3) is 0.429. The van der Waals surface area contributed by atoms with Gasteiger partial charge in [-0.3, -0.25) is 9.59 Å². The minimum atomic E-state index is -0.479. The summed E-state index contributed by atoms with van der Waals surface area (Å²) in [5, 5.41) is 0.869. The molecule has 0 bridgehead atoms. The molecule has 1 fully saturated rings. The predicted molar refractivity (Wildman–Crippen MR) is 104 cm³/mol. The summed E-state index contributed by atoms with van der Waals surface area (Å²) >= 11 is 0. The van der Waals surface area contributed by atoms with Crippen molar-refractivity contribution < 1.29 is 14.0 Å². The van der Waals surface area contributed by atoms with Crippen LogP contribution in [0, 0.1) is 25.6 Å². The first-order valence-electron chi connectivity index (χ1n) is 9.30. The molecule has 5 nitrogen and oxygen atoms in total. The fourth-order valence-corrected chi connectivity index (χ4v) is 4.07. The molecule has 3 N–H and O–H groups in total. The molecule has 1 aliphatic heterocycles. The van der Waals surface area contributed by atoms with E-state index >= 15 is 0 Å². The summed E-state index contributed by atoms with van der Waals surface area (Å²) in [6.45, 7) is 8.79. The average Bonchev–Trinajstić information content (AvgIpc) is 2.93. The highest BCUT2D eigenvalue weighted by Gasteiger charge is 2.25. The molecule has 1 aromatic carbocycles. The molecule has 1 aliphatic rings. The van der Waals surface area contributed by atoms with Gasteiger partial charge in [0.05, 0.1) is 11.9 Å². The van der Waals surface area contributed by atoms with Gasteiger partial charge in [0.25, 0.3) is 0 Å². The maximum atomic E-state index is 15.0. The Morgan fingerprint density at radius 1 is 1.37 bits per heavy atom. The number of fused-ring (bicyclic) bond motifs is 1. The van der Waals surface area contributed by atoms with Gasteiger partial charge in [0.2, 0.25) is 11.8 Å². The van der Waals surface area contributed by atoms with Gasteiger partial charge in [-0.15, -0.1) is 0 Å². The van der Waals surface area contributed by atoms with E-state index in [4.69, 9.17) is 5.73 Å². The van der Waals surface area contributed by atoms with Crippen LogP contribution in [0.5, 0.6) is 0 Å². The van der Waals surface area contributed by atoms with Gasteiger partial charge in [0, 0.05) is 24.2 Å². The Hall–Kier alpha value is -2.63. The van der Waals surface area contributed by atoms with Crippen LogP contribution in [-0.2, 0) is 22.4 Å². The second-order valence-corrected chi connectivity index (χ2v) is 7.44. The zero-order valence-electron chi connectivity index (χ0n) is 15.9. The minimum Gasteiger partial charge on any atom is -0.369 e. The zero-order chi connectivity index (χ0) is 19.7. The molecule has 2 aromatic rings. The lowest BCUT2D eigenvalue weighted by Gasteiger charge is -2.31. The van der Waals surface area contributed by atoms with E-state index in [0.29, 0.717) is 36.6 Å². The molecule has 144 valence electrons. The van der Waals surface area contributed by atoms with Crippen LogP contribution in [0.3, 0.4) is 0 Å². The van der Waals surface area contributed by atoms with Gasteiger partial charge in [-0.2, -0.15) is 0 Å². The van der Waals surface area contributed by atoms with Crippen LogP contribution in [0.15, 0.2) is 18.7 Å². The summed E-state index contributed by atoms with van der Waals surface area (Å²) < 4.78 is 15.0. The highest BCUT2D eigenvalue weighted by Crippen LogP contribution is 2.33. The first-order valence-corrected chi connectivity index (χ1v) is 9.30. The molecule has 2 amide bonds. The number of primary amides is 1. The Balaban J connectivity index is 1.91. The van der Waals surface area contributed by atoms with Crippen LogP contribution in [0.4, 0.5) is 4.39 Å². The Morgan fingerprint density at radius 2 is 2.04 bits per heavy atom. The summed E-state index contributed by atoms with van der Waals surface area (Å²) in [7, 11) is 0. The normalized spacial score (nSPS) is 15.3. The van der Waals surface area contributed by atoms with Crippen molar-refractivity contribution in [3.8, 4) is 0 Å². The van der Waals surface area contributed by atoms with Crippen LogP contribution in [0.25, 0.3) is 10.9 Å². The van der Waals surface area contributed by atoms with Crippen molar-refractivity contribution in [3.05, 3.63) is 46.9 Å². The Morgan fingerprint density at radius 3 is 2.63 bits per heavy atom. The SMILES string of the molecule is C=CC(=O)N1CCC(Cc2c(F)cc(CC(N)=O)c3[nH]c(C)c(C)c23)CC1. The highest BCUT2D eigenvalue weighted by atomic mass is 19.1. The van der Waals surface area contributed by atoms with Crippen LogP contribution >= 0.6 is 0 Å². The number of carbonyl (C=O) groups is 2. The van der Waals surface area contributed by atoms with E-state index in [-0.39, 0.29) is 18.1 Å². The summed E-state index contributed by atoms with van der Waals surface area (Å²) in [5.74, 6) is -0.499. The Labute approximate surface area is 158 Å². The van der Waals surface area contributed by atoms with Gasteiger partial charge in [-0.1, -0.05) is 6.58 Å². The van der Waals surface area contributed by atoms with E-state index in [1.54, 1.807) is 4.90 Å². The van der Waals surface area contributed by atoms with Gasteiger partial charge in [0.1, 0.15) is 5.82 Å². The van der Waals surface area contributed by atoms with Gasteiger partial charge in [0.15, 0.2) is 0 Å². The number of piperidine rings is 1. The van der Waals surface area contributed by atoms with Crippen molar-refractivity contribution >= 4 is 22.7 Å². The quantitative estimate of drug-likeness (QED) is 0.793. The smallest absolute Gasteiger partial charge is 0.245 e. The third kappa shape index (κ3) is 3.75. The number of nitrogens with zero attached hydrogens (tertiary/aromatic N) is 1. The van der Waals surface area contributed by atoms with Crippen molar-refractivity contribution in [2.24, 2.45) is 11.7 Å². The number of benzene rings is 1. The summed E-state index contributed by atoms with van der Waals surface area (Å²) in [5.41, 5.74) is 9.40. The van der Waals surface area contributed by atoms with E-state index in [0.717, 1.165) is 35.0 Å². The average molecular weight is 371 g/mol. The lowest BCUT2D eigenvalue weighted by Crippen LogP contribution is -2.37. The number of rotatable bonds is 5. The Kier molecular flexibility index (Phi) is 5.35. The number of H-pyrrole nitrogens is 1. The maximum absolute atomic E-state index is 15.0. The Bertz CT molecular complexity index is 908. The van der Waals surface area contributed by atoms with Gasteiger partial charge < -0.3 is 15.6 Å². The van der Waals surface area contributed by atoms with Crippen molar-refractivity contribution in [3.63, 3.8) is 0 Å². The highest BCUT2D eigenvalue weighted by molar-refractivity contribution is 5.93. The van der Waals surface area contributed by atoms with E-state index in [9.17, 15) is 14.0 Å². The van der Waals surface area contributed by atoms with Crippen LogP contribution in [-0.4, -0.2) is 34.8 Å². The second-order valence-electron chi connectivity index (χ2n) is 7.44. The first-order chi connectivity index (χ1) is 12.8. The molecule has 1 aromatic heterocycles. The van der Waals surface area contributed by atoms with Crippen LogP contribution in [0.2, 0.25) is 0 Å². The number of hydrogen-bond donors (Lipinski definition) is 2. The largest absolute Gasteiger partial charge is 0.369 e. The summed E-state index contributed by atoms with van der Waals surface area (Å²) in [6, 6.07) is 1.44. The number of aromatic nitrogens is 1. The van der Waals surface area contributed by atoms with E-state index in [1.165, 1.54) is 12.1 Å². The zero-order valence-corrected chi connectivity index (χ0v) is 15.9. The fourth-order valence-electron chi connectivity index (χ4n) is 4.07. The number of aromatic amines is 1. The molecule has 0 aliphatic carbocycles. The van der Waals surface area contributed by atoms with Gasteiger partial charge >= 0.3 is 0 Å². The molecule has 3 rings (SSSR count). The minimum absolute atomic E-state index is 0.00907. The first kappa shape index (κ1) is 19.1. The number of likely N-dealkylation sites (tertiary alicyclic amines) is 1. The van der Waals surface area contributed by atoms with Gasteiger partial charge in [-0.25, -0.2) is 4.39 Å². The molecule has 0 atom stereocenters. The number of nitrogens with two attached hydrogens (primary N) is 1. The van der Waals surface area contributed by atoms with Crippen molar-refractivity contribution in [2.75, 3.05) is 13.1 Å². The summed E-state index contributed by atoms with van der Waals surface area (Å²) in [4.78, 5) is 28.2. The van der Waals surface area contributed by atoms with E-state index in [2.05, 4.69) is 11.6 Å². The molecular weight excluding hydrogens is 345 g/mol. The number of halogens is 1. The molecule has 1 saturated heterocycles. The lowest BCUT2D eigenvalue weighted by molar-refractivity contribution is -0.127. The molecule has 27 heavy (non-hydrogen) atoms. The molecule has 2 heterocycles. The number of hydrogen-bond acceptors (Lipinski definition) is 2. The molecule has 0 unspecified atom stereocenters. The number of nitrogens with one attached hydrogen (secondary N) is 1. The lowest BCUT2D eigenvalue weighted by atomic mass is 9.87. The maximum Gasteiger partial charge on any atom is 0.245 e. The summed E-state index contributed by atoms with van der Waals surface area (Å²) in [6.07, 6.45) is 3.65. The van der Waals surface area contributed by atoms with E-state index in [1.807, 2.05) is 13.8 Å². The van der Waals surface area contributed by atoms with E-state index < -0.39 is 5.91 Å². The molecule has 0 radical (unpaired) electrons. The van der Waals surface area contributed by atoms with Crippen LogP contribution in [0.1, 0.15) is 35.2 Å². The molecule has 0 spiro atoms. The third-order valence-electron chi connectivity index (χ3n) is 5.67. The topological polar surface area (TPSA) is 79.2 Å². The third-order valence-corrected chi connectivity index (χ3v) is 5.67. The number of amides is 2. The van der Waals surface area contributed by atoms with Crippen molar-refractivity contribution in [1.29, 1.82) is 0 Å². The number of aryl methyl sites for hydroxylation is 2. The predicted octanol–water partition coefficient (Wildman–Crippen LogP) is 2.92. The van der Waals surface area contributed by atoms with Crippen LogP contribution < -0.4 is 5.73 Å². The standard InChI is InChI=1S/C21H26FN3O2/c1-4-19(27)25-7-5-14(6-8-25)9-16-17(22)10-15(11-18(23)26)21-20(16)12(2)13(3)24-21/h4,10,14,24H,1,5-9,11H2,2-3H3,(H2,23,26). The molecule has 6 heteroatoms. The monoisotopic (exact) mass is 371 g/mol. The van der Waals surface area contributed by atoms with Crippen molar-refractivity contribution in [1.82, 2.24) is 9.88 Å². The number of carbonyl (C=O) groups excluding carboxylic acids is 2. The van der Waals surface area contributed by atoms with Gasteiger partial charge in [-0.05, 0) is 67.9 Å². The second kappa shape index (κ2) is 7.55. The molecule has 0 saturated carbocycles. The molecular formula is C21H26FN3O2.